The molecule has 1 aliphatic rings. The van der Waals surface area contributed by atoms with Gasteiger partial charge in [-0.05, 0) is 31.2 Å². The molecular weight excluding hydrogens is 396 g/mol. The first kappa shape index (κ1) is 20.2. The van der Waals surface area contributed by atoms with Crippen LogP contribution in [0, 0.1) is 0 Å². The van der Waals surface area contributed by atoms with Crippen LogP contribution in [-0.4, -0.2) is 30.4 Å². The maximum Gasteiger partial charge on any atom is 0.339 e. The van der Waals surface area contributed by atoms with E-state index in [9.17, 15) is 19.2 Å². The highest BCUT2D eigenvalue weighted by molar-refractivity contribution is 6.30. The number of carbonyl (C=O) groups is 4. The Bertz CT molecular complexity index is 1250. The number of hydrogen-bond acceptors (Lipinski definition) is 6. The molecule has 1 aliphatic carbocycles. The fourth-order valence-corrected chi connectivity index (χ4v) is 3.65. The van der Waals surface area contributed by atoms with Crippen molar-refractivity contribution in [2.24, 2.45) is 0 Å². The molecule has 0 radical (unpaired) electrons. The standard InChI is InChI=1S/C25H18O6/c1-14(26)15-10-11-21(30-2)16(12-15)13-31-25(29)20-9-5-8-19-22(20)24(28)18-7-4-3-6-17(18)23(19)27/h3-12H,13H2,1-2H3. The largest absolute Gasteiger partial charge is 0.496 e. The molecule has 4 rings (SSSR count). The summed E-state index contributed by atoms with van der Waals surface area (Å²) < 4.78 is 10.7. The Morgan fingerprint density at radius 2 is 1.52 bits per heavy atom. The summed E-state index contributed by atoms with van der Waals surface area (Å²) >= 11 is 0. The molecule has 0 amide bonds. The average Bonchev–Trinajstić information content (AvgIpc) is 2.80. The van der Waals surface area contributed by atoms with E-state index < -0.39 is 11.8 Å². The van der Waals surface area contributed by atoms with E-state index >= 15 is 0 Å². The average molecular weight is 414 g/mol. The Hall–Kier alpha value is -4.06. The topological polar surface area (TPSA) is 86.7 Å². The third kappa shape index (κ3) is 3.53. The van der Waals surface area contributed by atoms with Crippen molar-refractivity contribution in [1.29, 1.82) is 0 Å². The van der Waals surface area contributed by atoms with E-state index in [1.807, 2.05) is 0 Å². The lowest BCUT2D eigenvalue weighted by atomic mass is 9.82. The highest BCUT2D eigenvalue weighted by Crippen LogP contribution is 2.30. The number of esters is 1. The SMILES string of the molecule is COc1ccc(C(C)=O)cc1COC(=O)c1cccc2c1C(=O)c1ccccc1C2=O. The fraction of sp³-hybridized carbons (Fsp3) is 0.120. The molecule has 3 aromatic rings. The number of carbonyl (C=O) groups excluding carboxylic acids is 4. The molecule has 0 atom stereocenters. The van der Waals surface area contributed by atoms with Crippen molar-refractivity contribution >= 4 is 23.3 Å². The number of hydrogen-bond donors (Lipinski definition) is 0. The highest BCUT2D eigenvalue weighted by atomic mass is 16.5. The highest BCUT2D eigenvalue weighted by Gasteiger charge is 2.33. The smallest absolute Gasteiger partial charge is 0.339 e. The molecule has 154 valence electrons. The van der Waals surface area contributed by atoms with Crippen molar-refractivity contribution in [2.75, 3.05) is 7.11 Å². The van der Waals surface area contributed by atoms with Crippen LogP contribution in [0.2, 0.25) is 0 Å². The van der Waals surface area contributed by atoms with E-state index in [0.717, 1.165) is 0 Å². The van der Waals surface area contributed by atoms with Gasteiger partial charge in [-0.25, -0.2) is 4.79 Å². The minimum atomic E-state index is -0.743. The van der Waals surface area contributed by atoms with Crippen molar-refractivity contribution in [3.05, 3.63) is 99.6 Å². The summed E-state index contributed by atoms with van der Waals surface area (Å²) in [6.07, 6.45) is 0. The molecule has 0 unspecified atom stereocenters. The first-order valence-corrected chi connectivity index (χ1v) is 9.58. The molecule has 0 saturated heterocycles. The van der Waals surface area contributed by atoms with Gasteiger partial charge in [-0.15, -0.1) is 0 Å². The lowest BCUT2D eigenvalue weighted by Crippen LogP contribution is -2.24. The van der Waals surface area contributed by atoms with Gasteiger partial charge in [0.25, 0.3) is 0 Å². The molecular formula is C25H18O6. The van der Waals surface area contributed by atoms with Crippen molar-refractivity contribution < 1.29 is 28.7 Å². The lowest BCUT2D eigenvalue weighted by Gasteiger charge is -2.19. The monoisotopic (exact) mass is 414 g/mol. The van der Waals surface area contributed by atoms with Crippen LogP contribution >= 0.6 is 0 Å². The van der Waals surface area contributed by atoms with Crippen molar-refractivity contribution in [1.82, 2.24) is 0 Å². The quantitative estimate of drug-likeness (QED) is 0.362. The summed E-state index contributed by atoms with van der Waals surface area (Å²) in [4.78, 5) is 50.4. The molecule has 0 spiro atoms. The molecule has 0 N–H and O–H groups in total. The molecule has 3 aromatic carbocycles. The fourth-order valence-electron chi connectivity index (χ4n) is 3.65. The zero-order valence-electron chi connectivity index (χ0n) is 16.9. The first-order chi connectivity index (χ1) is 14.9. The van der Waals surface area contributed by atoms with Crippen LogP contribution in [0.25, 0.3) is 0 Å². The maximum absolute atomic E-state index is 13.1. The van der Waals surface area contributed by atoms with Gasteiger partial charge in [0.05, 0.1) is 12.7 Å². The molecule has 31 heavy (non-hydrogen) atoms. The second-order valence-electron chi connectivity index (χ2n) is 7.09. The van der Waals surface area contributed by atoms with E-state index in [1.54, 1.807) is 48.5 Å². The number of fused-ring (bicyclic) bond motifs is 2. The summed E-state index contributed by atoms with van der Waals surface area (Å²) in [5.41, 5.74) is 1.79. The molecule has 0 saturated carbocycles. The third-order valence-electron chi connectivity index (χ3n) is 5.22. The zero-order chi connectivity index (χ0) is 22.1. The van der Waals surface area contributed by atoms with Crippen LogP contribution in [0.5, 0.6) is 5.75 Å². The molecule has 0 aromatic heterocycles. The second-order valence-corrected chi connectivity index (χ2v) is 7.09. The zero-order valence-corrected chi connectivity index (χ0v) is 16.9. The Labute approximate surface area is 178 Å². The number of ether oxygens (including phenoxy) is 2. The van der Waals surface area contributed by atoms with Gasteiger partial charge in [-0.1, -0.05) is 36.4 Å². The predicted molar refractivity (Wildman–Crippen MR) is 112 cm³/mol. The minimum Gasteiger partial charge on any atom is -0.496 e. The van der Waals surface area contributed by atoms with Crippen molar-refractivity contribution in [3.8, 4) is 5.75 Å². The van der Waals surface area contributed by atoms with Crippen molar-refractivity contribution in [3.63, 3.8) is 0 Å². The summed E-state index contributed by atoms with van der Waals surface area (Å²) in [6, 6.07) is 15.9. The number of ketones is 3. The van der Waals surface area contributed by atoms with Crippen LogP contribution in [0.15, 0.2) is 60.7 Å². The van der Waals surface area contributed by atoms with Crippen LogP contribution in [0.4, 0.5) is 0 Å². The molecule has 0 heterocycles. The summed E-state index contributed by atoms with van der Waals surface area (Å²) in [6.45, 7) is 1.28. The third-order valence-corrected chi connectivity index (χ3v) is 5.22. The van der Waals surface area contributed by atoms with E-state index in [1.165, 1.54) is 26.2 Å². The Morgan fingerprint density at radius 3 is 2.19 bits per heavy atom. The van der Waals surface area contributed by atoms with Gasteiger partial charge in [0.15, 0.2) is 17.3 Å². The molecule has 6 nitrogen and oxygen atoms in total. The summed E-state index contributed by atoms with van der Waals surface area (Å²) in [5.74, 6) is -1.11. The van der Waals surface area contributed by atoms with Crippen molar-refractivity contribution in [2.45, 2.75) is 13.5 Å². The molecule has 0 aliphatic heterocycles. The Balaban J connectivity index is 1.66. The van der Waals surface area contributed by atoms with Gasteiger partial charge in [0, 0.05) is 33.4 Å². The Morgan fingerprint density at radius 1 is 0.839 bits per heavy atom. The number of benzene rings is 3. The predicted octanol–water partition coefficient (Wildman–Crippen LogP) is 4.03. The van der Waals surface area contributed by atoms with Crippen LogP contribution < -0.4 is 4.74 Å². The first-order valence-electron chi connectivity index (χ1n) is 9.58. The minimum absolute atomic E-state index is 0.0204. The van der Waals surface area contributed by atoms with Gasteiger partial charge in [-0.3, -0.25) is 14.4 Å². The van der Waals surface area contributed by atoms with E-state index in [4.69, 9.17) is 9.47 Å². The number of methoxy groups -OCH3 is 1. The van der Waals surface area contributed by atoms with Gasteiger partial charge in [0.1, 0.15) is 12.4 Å². The summed E-state index contributed by atoms with van der Waals surface area (Å²) in [5, 5.41) is 0. The van der Waals surface area contributed by atoms with Gasteiger partial charge in [0.2, 0.25) is 0 Å². The van der Waals surface area contributed by atoms with Crippen LogP contribution in [0.3, 0.4) is 0 Å². The number of Topliss-reactive ketones (excluding diaryl/α,β-unsaturated/α-hetero) is 1. The van der Waals surface area contributed by atoms with Gasteiger partial charge in [-0.2, -0.15) is 0 Å². The lowest BCUT2D eigenvalue weighted by molar-refractivity contribution is 0.0467. The molecule has 6 heteroatoms. The second kappa shape index (κ2) is 7.99. The Kier molecular flexibility index (Phi) is 5.21. The van der Waals surface area contributed by atoms with E-state index in [0.29, 0.717) is 22.4 Å². The molecule has 0 fully saturated rings. The van der Waals surface area contributed by atoms with E-state index in [-0.39, 0.29) is 40.4 Å². The van der Waals surface area contributed by atoms with Gasteiger partial charge < -0.3 is 9.47 Å². The maximum atomic E-state index is 13.1. The van der Waals surface area contributed by atoms with Crippen LogP contribution in [0.1, 0.15) is 65.0 Å². The number of rotatable bonds is 5. The summed E-state index contributed by atoms with van der Waals surface area (Å²) in [7, 11) is 1.48. The van der Waals surface area contributed by atoms with Gasteiger partial charge >= 0.3 is 5.97 Å². The van der Waals surface area contributed by atoms with Crippen LogP contribution in [-0.2, 0) is 11.3 Å². The normalized spacial score (nSPS) is 12.1. The van der Waals surface area contributed by atoms with E-state index in [2.05, 4.69) is 0 Å². The molecule has 0 bridgehead atoms.